The lowest BCUT2D eigenvalue weighted by molar-refractivity contribution is 0.218. The summed E-state index contributed by atoms with van der Waals surface area (Å²) in [5.41, 5.74) is 1.19. The molecule has 2 aromatic rings. The summed E-state index contributed by atoms with van der Waals surface area (Å²) in [7, 11) is 0. The smallest absolute Gasteiger partial charge is 0.208 e. The first-order valence-electron chi connectivity index (χ1n) is 7.99. The number of rotatable bonds is 3. The van der Waals surface area contributed by atoms with Crippen molar-refractivity contribution < 1.29 is 4.42 Å². The van der Waals surface area contributed by atoms with E-state index in [2.05, 4.69) is 36.7 Å². The van der Waals surface area contributed by atoms with Crippen molar-refractivity contribution in [1.29, 1.82) is 0 Å². The highest BCUT2D eigenvalue weighted by Gasteiger charge is 2.28. The van der Waals surface area contributed by atoms with Crippen LogP contribution < -0.4 is 0 Å². The summed E-state index contributed by atoms with van der Waals surface area (Å²) >= 11 is 12.2. The van der Waals surface area contributed by atoms with Crippen molar-refractivity contribution >= 4 is 23.2 Å². The third-order valence-corrected chi connectivity index (χ3v) is 5.06. The van der Waals surface area contributed by atoms with Crippen LogP contribution in [0.2, 0.25) is 10.0 Å². The van der Waals surface area contributed by atoms with E-state index in [-0.39, 0.29) is 5.41 Å². The van der Waals surface area contributed by atoms with Gasteiger partial charge in [-0.15, -0.1) is 0 Å². The third-order valence-electron chi connectivity index (χ3n) is 4.32. The fraction of sp³-hybridized carbons (Fsp3) is 0.500. The maximum atomic E-state index is 6.17. The molecule has 3 rings (SSSR count). The predicted octanol–water partition coefficient (Wildman–Crippen LogP) is 5.62. The molecule has 0 N–H and O–H groups in total. The number of benzene rings is 1. The summed E-state index contributed by atoms with van der Waals surface area (Å²) in [4.78, 5) is 6.85. The van der Waals surface area contributed by atoms with Gasteiger partial charge in [0.1, 0.15) is 5.76 Å². The van der Waals surface area contributed by atoms with Crippen LogP contribution in [-0.4, -0.2) is 16.4 Å². The van der Waals surface area contributed by atoms with E-state index in [9.17, 15) is 0 Å². The molecule has 0 aliphatic carbocycles. The molecule has 1 aliphatic heterocycles. The van der Waals surface area contributed by atoms with E-state index in [1.54, 1.807) is 0 Å². The molecule has 124 valence electrons. The molecule has 0 amide bonds. The number of halogens is 2. The first-order chi connectivity index (χ1) is 10.8. The number of oxazole rings is 1. The molecule has 1 unspecified atom stereocenters. The summed E-state index contributed by atoms with van der Waals surface area (Å²) < 4.78 is 5.94. The monoisotopic (exact) mass is 352 g/mol. The van der Waals surface area contributed by atoms with Gasteiger partial charge >= 0.3 is 0 Å². The molecule has 0 radical (unpaired) electrons. The molecule has 1 saturated heterocycles. The van der Waals surface area contributed by atoms with Gasteiger partial charge in [-0.1, -0.05) is 50.0 Å². The van der Waals surface area contributed by atoms with Gasteiger partial charge < -0.3 is 4.42 Å². The second-order valence-corrected chi connectivity index (χ2v) is 7.98. The zero-order chi connectivity index (χ0) is 16.6. The number of nitrogens with zero attached hydrogens (tertiary/aromatic N) is 2. The molecule has 1 fully saturated rings. The molecule has 1 atom stereocenters. The van der Waals surface area contributed by atoms with Crippen molar-refractivity contribution in [3.63, 3.8) is 0 Å². The Bertz CT molecular complexity index is 691. The van der Waals surface area contributed by atoms with Crippen LogP contribution in [0, 0.1) is 0 Å². The minimum atomic E-state index is -0.0145. The van der Waals surface area contributed by atoms with E-state index in [0.29, 0.717) is 16.1 Å². The molecule has 23 heavy (non-hydrogen) atoms. The molecule has 2 heterocycles. The van der Waals surface area contributed by atoms with Crippen LogP contribution in [0.1, 0.15) is 56.9 Å². The van der Waals surface area contributed by atoms with Gasteiger partial charge in [-0.3, -0.25) is 4.90 Å². The van der Waals surface area contributed by atoms with E-state index >= 15 is 0 Å². The third kappa shape index (κ3) is 3.73. The van der Waals surface area contributed by atoms with Gasteiger partial charge in [0, 0.05) is 11.5 Å². The SMILES string of the molecule is CC(C)(C)c1cnc(CN2CCCC2c2ccc(Cl)c(Cl)c2)o1. The van der Waals surface area contributed by atoms with Crippen LogP contribution in [0.25, 0.3) is 0 Å². The van der Waals surface area contributed by atoms with Gasteiger partial charge in [0.05, 0.1) is 22.8 Å². The molecule has 0 bridgehead atoms. The highest BCUT2D eigenvalue weighted by Crippen LogP contribution is 2.36. The number of likely N-dealkylation sites (tertiary alicyclic amines) is 1. The summed E-state index contributed by atoms with van der Waals surface area (Å²) in [6.45, 7) is 8.15. The predicted molar refractivity (Wildman–Crippen MR) is 94.1 cm³/mol. The summed E-state index contributed by atoms with van der Waals surface area (Å²) in [6, 6.07) is 6.25. The van der Waals surface area contributed by atoms with Crippen LogP contribution in [0.15, 0.2) is 28.8 Å². The highest BCUT2D eigenvalue weighted by molar-refractivity contribution is 6.42. The molecule has 5 heteroatoms. The van der Waals surface area contributed by atoms with E-state index in [1.165, 1.54) is 5.56 Å². The zero-order valence-corrected chi connectivity index (χ0v) is 15.3. The lowest BCUT2D eigenvalue weighted by Crippen LogP contribution is -2.23. The van der Waals surface area contributed by atoms with Crippen LogP contribution >= 0.6 is 23.2 Å². The van der Waals surface area contributed by atoms with Gasteiger partial charge in [0.2, 0.25) is 5.89 Å². The standard InChI is InChI=1S/C18H22Cl2N2O/c1-18(2,3)16-10-21-17(23-16)11-22-8-4-5-15(22)12-6-7-13(19)14(20)9-12/h6-7,9-10,15H,4-5,8,11H2,1-3H3. The fourth-order valence-electron chi connectivity index (χ4n) is 3.02. The van der Waals surface area contributed by atoms with Crippen LogP contribution in [0.4, 0.5) is 0 Å². The fourth-order valence-corrected chi connectivity index (χ4v) is 3.32. The minimum absolute atomic E-state index is 0.0145. The lowest BCUT2D eigenvalue weighted by atomic mass is 9.94. The Hall–Kier alpha value is -1.03. The van der Waals surface area contributed by atoms with Gasteiger partial charge in [-0.2, -0.15) is 0 Å². The van der Waals surface area contributed by atoms with Crippen LogP contribution in [0.3, 0.4) is 0 Å². The van der Waals surface area contributed by atoms with Crippen molar-refractivity contribution in [2.75, 3.05) is 6.54 Å². The second kappa shape index (κ2) is 6.46. The van der Waals surface area contributed by atoms with Crippen molar-refractivity contribution in [2.45, 2.75) is 51.6 Å². The first kappa shape index (κ1) is 16.8. The largest absolute Gasteiger partial charge is 0.444 e. The Balaban J connectivity index is 1.76. The van der Waals surface area contributed by atoms with Crippen molar-refractivity contribution in [1.82, 2.24) is 9.88 Å². The lowest BCUT2D eigenvalue weighted by Gasteiger charge is -2.23. The minimum Gasteiger partial charge on any atom is -0.444 e. The molecule has 1 aliphatic rings. The molecular formula is C18H22Cl2N2O. The van der Waals surface area contributed by atoms with Crippen LogP contribution in [0.5, 0.6) is 0 Å². The quantitative estimate of drug-likeness (QED) is 0.718. The highest BCUT2D eigenvalue weighted by atomic mass is 35.5. The van der Waals surface area contributed by atoms with E-state index < -0.39 is 0 Å². The molecule has 3 nitrogen and oxygen atoms in total. The Morgan fingerprint density at radius 3 is 2.70 bits per heavy atom. The van der Waals surface area contributed by atoms with Gasteiger partial charge in [-0.05, 0) is 37.1 Å². The molecular weight excluding hydrogens is 331 g/mol. The molecule has 1 aromatic heterocycles. The topological polar surface area (TPSA) is 29.3 Å². The summed E-state index contributed by atoms with van der Waals surface area (Å²) in [5, 5.41) is 1.21. The molecule has 0 saturated carbocycles. The second-order valence-electron chi connectivity index (χ2n) is 7.17. The molecule has 1 aromatic carbocycles. The Morgan fingerprint density at radius 1 is 1.26 bits per heavy atom. The number of hydrogen-bond acceptors (Lipinski definition) is 3. The van der Waals surface area contributed by atoms with Gasteiger partial charge in [0.15, 0.2) is 0 Å². The van der Waals surface area contributed by atoms with E-state index in [4.69, 9.17) is 27.6 Å². The average molecular weight is 353 g/mol. The van der Waals surface area contributed by atoms with Gasteiger partial charge in [-0.25, -0.2) is 4.98 Å². The zero-order valence-electron chi connectivity index (χ0n) is 13.8. The molecule has 0 spiro atoms. The van der Waals surface area contributed by atoms with Crippen molar-refractivity contribution in [3.05, 3.63) is 51.7 Å². The Kier molecular flexibility index (Phi) is 4.73. The number of hydrogen-bond donors (Lipinski definition) is 0. The average Bonchev–Trinajstić information content (AvgIpc) is 3.11. The van der Waals surface area contributed by atoms with E-state index in [1.807, 2.05) is 18.3 Å². The number of aromatic nitrogens is 1. The Labute approximate surface area is 147 Å². The van der Waals surface area contributed by atoms with Crippen molar-refractivity contribution in [2.24, 2.45) is 0 Å². The van der Waals surface area contributed by atoms with Crippen LogP contribution in [-0.2, 0) is 12.0 Å². The maximum absolute atomic E-state index is 6.17. The van der Waals surface area contributed by atoms with Crippen molar-refractivity contribution in [3.8, 4) is 0 Å². The first-order valence-corrected chi connectivity index (χ1v) is 8.74. The normalized spacial score (nSPS) is 19.4. The maximum Gasteiger partial charge on any atom is 0.208 e. The Morgan fingerprint density at radius 2 is 2.04 bits per heavy atom. The van der Waals surface area contributed by atoms with E-state index in [0.717, 1.165) is 37.6 Å². The van der Waals surface area contributed by atoms with Gasteiger partial charge in [0.25, 0.3) is 0 Å². The summed E-state index contributed by atoms with van der Waals surface area (Å²) in [6.07, 6.45) is 4.13. The summed E-state index contributed by atoms with van der Waals surface area (Å²) in [5.74, 6) is 1.71.